The van der Waals surface area contributed by atoms with Crippen molar-refractivity contribution in [2.24, 2.45) is 0 Å². The molecule has 0 radical (unpaired) electrons. The molecular formula is C20H10Cl6O2. The largest absolute Gasteiger partial charge is 0.354 e. The summed E-state index contributed by atoms with van der Waals surface area (Å²) in [6, 6.07) is 14.5. The fourth-order valence-electron chi connectivity index (χ4n) is 3.57. The Hall–Kier alpha value is -0.710. The Morgan fingerprint density at radius 3 is 1.57 bits per heavy atom. The average molecular weight is 495 g/mol. The lowest BCUT2D eigenvalue weighted by atomic mass is 9.68. The quantitative estimate of drug-likeness (QED) is 0.431. The van der Waals surface area contributed by atoms with E-state index in [4.69, 9.17) is 74.3 Å². The van der Waals surface area contributed by atoms with Crippen molar-refractivity contribution in [3.63, 3.8) is 0 Å². The van der Waals surface area contributed by atoms with Gasteiger partial charge in [0.15, 0.2) is 5.60 Å². The molecule has 2 aromatic rings. The van der Waals surface area contributed by atoms with E-state index in [2.05, 4.69) is 0 Å². The molecule has 0 saturated carbocycles. The molecule has 1 aliphatic heterocycles. The van der Waals surface area contributed by atoms with Crippen LogP contribution in [0.3, 0.4) is 0 Å². The molecule has 8 heteroatoms. The lowest BCUT2D eigenvalue weighted by Crippen LogP contribution is -2.56. The van der Waals surface area contributed by atoms with Crippen LogP contribution in [0.1, 0.15) is 23.1 Å². The van der Waals surface area contributed by atoms with E-state index in [-0.39, 0.29) is 26.0 Å². The predicted octanol–water partition coefficient (Wildman–Crippen LogP) is 7.55. The lowest BCUT2D eigenvalue weighted by molar-refractivity contribution is -0.183. The van der Waals surface area contributed by atoms with Crippen molar-refractivity contribution in [3.05, 3.63) is 89.8 Å². The standard InChI is InChI=1S/C20H10Cl6O2/c21-11-5-1-9(2-6-11)13-17(10-3-7-12(22)8-4-10)28-20(13)18(25)14(23)16(27)15(24)19(20)26/h1-8,13,17H/t13-,17-/m0/s1. The lowest BCUT2D eigenvalue weighted by Gasteiger charge is -2.56. The monoisotopic (exact) mass is 492 g/mol. The summed E-state index contributed by atoms with van der Waals surface area (Å²) in [4.78, 5) is 12.2. The molecule has 2 nitrogen and oxygen atoms in total. The van der Waals surface area contributed by atoms with Gasteiger partial charge in [-0.25, -0.2) is 0 Å². The Balaban J connectivity index is 1.89. The molecule has 0 bridgehead atoms. The minimum Gasteiger partial charge on any atom is -0.354 e. The van der Waals surface area contributed by atoms with Crippen LogP contribution in [0, 0.1) is 0 Å². The van der Waals surface area contributed by atoms with E-state index in [9.17, 15) is 4.79 Å². The number of Topliss-reactive ketones (excluding diaryl/α,β-unsaturated/α-hetero) is 1. The van der Waals surface area contributed by atoms with E-state index in [0.717, 1.165) is 11.1 Å². The number of allylic oxidation sites excluding steroid dienone is 2. The van der Waals surface area contributed by atoms with Crippen LogP contribution in [0.4, 0.5) is 0 Å². The average Bonchev–Trinajstić information content (AvgIpc) is 2.67. The van der Waals surface area contributed by atoms with Crippen molar-refractivity contribution in [1.29, 1.82) is 0 Å². The number of benzene rings is 2. The zero-order chi connectivity index (χ0) is 20.2. The summed E-state index contributed by atoms with van der Waals surface area (Å²) in [6.45, 7) is 0. The van der Waals surface area contributed by atoms with E-state index in [0.29, 0.717) is 10.0 Å². The Morgan fingerprint density at radius 1 is 0.679 bits per heavy atom. The third-order valence-electron chi connectivity index (χ3n) is 4.92. The Kier molecular flexibility index (Phi) is 5.52. The van der Waals surface area contributed by atoms with Gasteiger partial charge in [-0.05, 0) is 35.4 Å². The topological polar surface area (TPSA) is 26.3 Å². The van der Waals surface area contributed by atoms with Gasteiger partial charge in [0.1, 0.15) is 10.1 Å². The first-order valence-corrected chi connectivity index (χ1v) is 10.4. The molecule has 1 fully saturated rings. The van der Waals surface area contributed by atoms with Crippen molar-refractivity contribution >= 4 is 75.4 Å². The Bertz CT molecular complexity index is 996. The van der Waals surface area contributed by atoms with E-state index in [1.807, 2.05) is 24.3 Å². The van der Waals surface area contributed by atoms with Crippen LogP contribution in [-0.4, -0.2) is 11.4 Å². The van der Waals surface area contributed by atoms with Crippen LogP contribution in [0.15, 0.2) is 68.7 Å². The van der Waals surface area contributed by atoms with E-state index in [1.165, 1.54) is 0 Å². The third-order valence-corrected chi connectivity index (χ3v) is 7.28. The Morgan fingerprint density at radius 2 is 1.11 bits per heavy atom. The van der Waals surface area contributed by atoms with Gasteiger partial charge >= 0.3 is 0 Å². The van der Waals surface area contributed by atoms with Crippen LogP contribution in [-0.2, 0) is 9.53 Å². The zero-order valence-electron chi connectivity index (χ0n) is 13.9. The van der Waals surface area contributed by atoms with Crippen LogP contribution < -0.4 is 0 Å². The Labute approximate surface area is 191 Å². The molecule has 0 amide bonds. The molecule has 144 valence electrons. The van der Waals surface area contributed by atoms with Crippen molar-refractivity contribution in [2.45, 2.75) is 17.6 Å². The van der Waals surface area contributed by atoms with E-state index >= 15 is 0 Å². The summed E-state index contributed by atoms with van der Waals surface area (Å²) in [5, 5.41) is 0.803. The summed E-state index contributed by atoms with van der Waals surface area (Å²) in [5.74, 6) is -1.01. The minimum atomic E-state index is -1.34. The summed E-state index contributed by atoms with van der Waals surface area (Å²) in [6.07, 6.45) is -0.414. The second-order valence-electron chi connectivity index (χ2n) is 6.44. The van der Waals surface area contributed by atoms with Crippen molar-refractivity contribution in [3.8, 4) is 0 Å². The number of hydrogen-bond acceptors (Lipinski definition) is 2. The number of carbonyl (C=O) groups excluding carboxylic acids is 1. The molecule has 2 aliphatic rings. The predicted molar refractivity (Wildman–Crippen MR) is 115 cm³/mol. The smallest absolute Gasteiger partial charge is 0.218 e. The second kappa shape index (κ2) is 7.52. The number of rotatable bonds is 2. The van der Waals surface area contributed by atoms with Gasteiger partial charge in [-0.2, -0.15) is 0 Å². The summed E-state index contributed by atoms with van der Waals surface area (Å²) in [7, 11) is 0. The molecular weight excluding hydrogens is 485 g/mol. The maximum absolute atomic E-state index is 12.2. The van der Waals surface area contributed by atoms with Gasteiger partial charge in [0.05, 0.1) is 22.1 Å². The van der Waals surface area contributed by atoms with Crippen molar-refractivity contribution in [1.82, 2.24) is 0 Å². The van der Waals surface area contributed by atoms with Crippen molar-refractivity contribution < 1.29 is 9.53 Å². The van der Waals surface area contributed by atoms with Gasteiger partial charge in [0.2, 0.25) is 5.78 Å². The summed E-state index contributed by atoms with van der Waals surface area (Å²) >= 11 is 37.4. The summed E-state index contributed by atoms with van der Waals surface area (Å²) in [5.41, 5.74) is 0.381. The highest BCUT2D eigenvalue weighted by molar-refractivity contribution is 6.61. The van der Waals surface area contributed by atoms with Gasteiger partial charge in [0, 0.05) is 10.0 Å². The van der Waals surface area contributed by atoms with Crippen LogP contribution >= 0.6 is 69.6 Å². The molecule has 4 rings (SSSR count). The summed E-state index contributed by atoms with van der Waals surface area (Å²) < 4.78 is 6.23. The molecule has 28 heavy (non-hydrogen) atoms. The number of ketones is 1. The number of carbonyl (C=O) groups is 1. The molecule has 1 heterocycles. The van der Waals surface area contributed by atoms with Gasteiger partial charge in [-0.1, -0.05) is 93.9 Å². The molecule has 0 aromatic heterocycles. The fraction of sp³-hybridized carbons (Fsp3) is 0.150. The van der Waals surface area contributed by atoms with Crippen LogP contribution in [0.25, 0.3) is 0 Å². The maximum atomic E-state index is 12.2. The van der Waals surface area contributed by atoms with Gasteiger partial charge < -0.3 is 4.74 Å². The highest BCUT2D eigenvalue weighted by Gasteiger charge is 2.64. The molecule has 2 aromatic carbocycles. The van der Waals surface area contributed by atoms with E-state index < -0.39 is 17.5 Å². The second-order valence-corrected chi connectivity index (χ2v) is 8.82. The minimum absolute atomic E-state index is 0.0127. The molecule has 1 spiro atoms. The SMILES string of the molecule is O=C1C(Cl)=C(Cl)C2(O[C@@H](c3ccc(Cl)cc3)[C@@H]2c2ccc(Cl)cc2)C(Cl)=C1Cl. The number of ether oxygens (including phenoxy) is 1. The maximum Gasteiger partial charge on any atom is 0.218 e. The molecule has 2 atom stereocenters. The molecule has 0 unspecified atom stereocenters. The third kappa shape index (κ3) is 3.02. The van der Waals surface area contributed by atoms with Gasteiger partial charge in [-0.3, -0.25) is 4.79 Å². The first-order chi connectivity index (χ1) is 13.3. The van der Waals surface area contributed by atoms with Crippen LogP contribution in [0.2, 0.25) is 10.0 Å². The molecule has 0 N–H and O–H groups in total. The van der Waals surface area contributed by atoms with Gasteiger partial charge in [-0.15, -0.1) is 0 Å². The first-order valence-electron chi connectivity index (χ1n) is 8.12. The fourth-order valence-corrected chi connectivity index (χ4v) is 5.07. The normalized spacial score (nSPS) is 24.0. The van der Waals surface area contributed by atoms with E-state index in [1.54, 1.807) is 24.3 Å². The number of hydrogen-bond donors (Lipinski definition) is 0. The van der Waals surface area contributed by atoms with Gasteiger partial charge in [0.25, 0.3) is 0 Å². The first kappa shape index (κ1) is 20.6. The highest BCUT2D eigenvalue weighted by atomic mass is 35.5. The molecule has 1 aliphatic carbocycles. The highest BCUT2D eigenvalue weighted by Crippen LogP contribution is 2.65. The van der Waals surface area contributed by atoms with Crippen LogP contribution in [0.5, 0.6) is 0 Å². The number of halogens is 6. The zero-order valence-corrected chi connectivity index (χ0v) is 18.4. The molecule has 1 saturated heterocycles. The van der Waals surface area contributed by atoms with Crippen molar-refractivity contribution in [2.75, 3.05) is 0 Å².